The van der Waals surface area contributed by atoms with Crippen molar-refractivity contribution in [2.45, 2.75) is 11.7 Å². The number of aliphatic carboxylic acids is 1. The maximum absolute atomic E-state index is 10.4. The highest BCUT2D eigenvalue weighted by atomic mass is 32.2. The molecule has 0 saturated carbocycles. The molecule has 3 nitrogen and oxygen atoms in total. The molecule has 2 N–H and O–H groups in total. The number of hydrogen-bond donors (Lipinski definition) is 2. The average Bonchev–Trinajstić information content (AvgIpc) is 2.34. The summed E-state index contributed by atoms with van der Waals surface area (Å²) in [5.74, 6) is 0.237. The Kier molecular flexibility index (Phi) is 2.32. The quantitative estimate of drug-likeness (QED) is 0.587. The molecule has 10 heavy (non-hydrogen) atoms. The van der Waals surface area contributed by atoms with Crippen molar-refractivity contribution in [3.8, 4) is 0 Å². The molecule has 0 bridgehead atoms. The Morgan fingerprint density at radius 2 is 2.50 bits per heavy atom. The molecular weight excluding hydrogens is 150 g/mol. The van der Waals surface area contributed by atoms with Crippen molar-refractivity contribution in [1.29, 1.82) is 5.41 Å². The van der Waals surface area contributed by atoms with Crippen LogP contribution in [0.5, 0.6) is 0 Å². The summed E-state index contributed by atoms with van der Waals surface area (Å²) in [4.78, 5) is 10.4. The first kappa shape index (κ1) is 7.60. The molecule has 1 saturated heterocycles. The van der Waals surface area contributed by atoms with Crippen LogP contribution in [0.2, 0.25) is 0 Å². The predicted molar refractivity (Wildman–Crippen MR) is 40.8 cm³/mol. The van der Waals surface area contributed by atoms with Gasteiger partial charge in [0, 0.05) is 11.7 Å². The summed E-state index contributed by atoms with van der Waals surface area (Å²) in [7, 11) is 0. The first-order valence-corrected chi connectivity index (χ1v) is 4.14. The van der Waals surface area contributed by atoms with Crippen LogP contribution in [0.3, 0.4) is 0 Å². The molecule has 56 valence electrons. The van der Waals surface area contributed by atoms with Crippen LogP contribution in [0.25, 0.3) is 0 Å². The molecule has 0 radical (unpaired) electrons. The van der Waals surface area contributed by atoms with Gasteiger partial charge in [-0.3, -0.25) is 4.79 Å². The highest BCUT2D eigenvalue weighted by Gasteiger charge is 2.28. The van der Waals surface area contributed by atoms with E-state index >= 15 is 0 Å². The van der Waals surface area contributed by atoms with Gasteiger partial charge in [-0.15, -0.1) is 11.8 Å². The highest BCUT2D eigenvalue weighted by Crippen LogP contribution is 2.29. The lowest BCUT2D eigenvalue weighted by atomic mass is 10.1. The molecule has 0 aliphatic carbocycles. The number of nitrogens with one attached hydrogen (secondary N) is 1. The van der Waals surface area contributed by atoms with E-state index in [0.717, 1.165) is 5.75 Å². The fourth-order valence-electron chi connectivity index (χ4n) is 0.939. The Hall–Kier alpha value is -0.510. The first-order chi connectivity index (χ1) is 4.74. The second-order valence-electron chi connectivity index (χ2n) is 2.32. The summed E-state index contributed by atoms with van der Waals surface area (Å²) in [6, 6.07) is 0. The van der Waals surface area contributed by atoms with Crippen LogP contribution in [-0.4, -0.2) is 28.3 Å². The molecule has 0 spiro atoms. The van der Waals surface area contributed by atoms with E-state index in [2.05, 4.69) is 0 Å². The Bertz CT molecular complexity index is 160. The molecule has 0 aromatic heterocycles. The minimum Gasteiger partial charge on any atom is -0.480 e. The standard InChI is InChI=1S/C6H9NO2S/c7-2-4-1-5(6(8)9)10-3-4/h2,4-5,7H,1,3H2,(H,8,9)/t4-,5-/m1/s1. The van der Waals surface area contributed by atoms with E-state index in [9.17, 15) is 4.79 Å². The SMILES string of the molecule is N=C[C@@H]1CS[C@@H](C(=O)O)C1. The van der Waals surface area contributed by atoms with Gasteiger partial charge in [0.15, 0.2) is 0 Å². The van der Waals surface area contributed by atoms with Gasteiger partial charge >= 0.3 is 5.97 Å². The number of thioether (sulfide) groups is 1. The zero-order valence-electron chi connectivity index (χ0n) is 5.41. The van der Waals surface area contributed by atoms with Gasteiger partial charge in [-0.25, -0.2) is 0 Å². The lowest BCUT2D eigenvalue weighted by Gasteiger charge is -1.98. The Labute approximate surface area is 63.3 Å². The molecular formula is C6H9NO2S. The fraction of sp³-hybridized carbons (Fsp3) is 0.667. The summed E-state index contributed by atoms with van der Waals surface area (Å²) in [6.45, 7) is 0. The topological polar surface area (TPSA) is 61.2 Å². The Morgan fingerprint density at radius 1 is 1.80 bits per heavy atom. The zero-order chi connectivity index (χ0) is 7.56. The normalized spacial score (nSPS) is 32.0. The molecule has 0 unspecified atom stereocenters. The number of carbonyl (C=O) groups is 1. The van der Waals surface area contributed by atoms with Gasteiger partial charge in [0.25, 0.3) is 0 Å². The molecule has 2 atom stereocenters. The van der Waals surface area contributed by atoms with Gasteiger partial charge in [0.2, 0.25) is 0 Å². The smallest absolute Gasteiger partial charge is 0.316 e. The van der Waals surface area contributed by atoms with Crippen LogP contribution < -0.4 is 0 Å². The van der Waals surface area contributed by atoms with Crippen LogP contribution in [0.15, 0.2) is 0 Å². The molecule has 4 heteroatoms. The van der Waals surface area contributed by atoms with Gasteiger partial charge in [-0.2, -0.15) is 0 Å². The maximum atomic E-state index is 10.4. The minimum atomic E-state index is -0.741. The van der Waals surface area contributed by atoms with E-state index in [0.29, 0.717) is 6.42 Å². The Morgan fingerprint density at radius 3 is 2.80 bits per heavy atom. The van der Waals surface area contributed by atoms with E-state index in [-0.39, 0.29) is 11.2 Å². The van der Waals surface area contributed by atoms with Crippen LogP contribution in [-0.2, 0) is 4.79 Å². The minimum absolute atomic E-state index is 0.186. The van der Waals surface area contributed by atoms with Gasteiger partial charge in [0.05, 0.1) is 0 Å². The summed E-state index contributed by atoms with van der Waals surface area (Å²) >= 11 is 1.43. The molecule has 1 fully saturated rings. The van der Waals surface area contributed by atoms with Crippen molar-refractivity contribution >= 4 is 23.9 Å². The second-order valence-corrected chi connectivity index (χ2v) is 3.56. The van der Waals surface area contributed by atoms with Gasteiger partial charge in [-0.05, 0) is 12.6 Å². The van der Waals surface area contributed by atoms with Crippen molar-refractivity contribution in [2.24, 2.45) is 5.92 Å². The molecule has 0 aromatic carbocycles. The van der Waals surface area contributed by atoms with E-state index in [1.165, 1.54) is 18.0 Å². The largest absolute Gasteiger partial charge is 0.480 e. The van der Waals surface area contributed by atoms with Gasteiger partial charge in [0.1, 0.15) is 5.25 Å². The van der Waals surface area contributed by atoms with Gasteiger partial charge < -0.3 is 10.5 Å². The van der Waals surface area contributed by atoms with Gasteiger partial charge in [-0.1, -0.05) is 0 Å². The molecule has 0 aromatic rings. The lowest BCUT2D eigenvalue weighted by Crippen LogP contribution is -2.13. The second kappa shape index (κ2) is 3.05. The number of hydrogen-bond acceptors (Lipinski definition) is 3. The van der Waals surface area contributed by atoms with Crippen LogP contribution in [0.1, 0.15) is 6.42 Å². The van der Waals surface area contributed by atoms with E-state index in [1.807, 2.05) is 0 Å². The van der Waals surface area contributed by atoms with E-state index < -0.39 is 5.97 Å². The fourth-order valence-corrected chi connectivity index (χ4v) is 2.18. The monoisotopic (exact) mass is 159 g/mol. The number of rotatable bonds is 2. The van der Waals surface area contributed by atoms with Crippen LogP contribution >= 0.6 is 11.8 Å². The van der Waals surface area contributed by atoms with E-state index in [1.54, 1.807) is 0 Å². The van der Waals surface area contributed by atoms with Crippen molar-refractivity contribution < 1.29 is 9.90 Å². The molecule has 1 aliphatic heterocycles. The number of carboxylic acid groups (broad SMARTS) is 1. The van der Waals surface area contributed by atoms with Crippen molar-refractivity contribution in [1.82, 2.24) is 0 Å². The van der Waals surface area contributed by atoms with Crippen LogP contribution in [0, 0.1) is 11.3 Å². The van der Waals surface area contributed by atoms with Crippen molar-refractivity contribution in [2.75, 3.05) is 5.75 Å². The first-order valence-electron chi connectivity index (χ1n) is 3.09. The summed E-state index contributed by atoms with van der Waals surface area (Å²) in [6.07, 6.45) is 1.97. The third-order valence-corrected chi connectivity index (χ3v) is 2.96. The molecule has 1 aliphatic rings. The summed E-state index contributed by atoms with van der Waals surface area (Å²) in [5.41, 5.74) is 0. The van der Waals surface area contributed by atoms with E-state index in [4.69, 9.17) is 10.5 Å². The predicted octanol–water partition coefficient (Wildman–Crippen LogP) is 0.842. The van der Waals surface area contributed by atoms with Crippen LogP contribution in [0.4, 0.5) is 0 Å². The molecule has 0 amide bonds. The van der Waals surface area contributed by atoms with Crippen molar-refractivity contribution in [3.05, 3.63) is 0 Å². The van der Waals surface area contributed by atoms with Crippen molar-refractivity contribution in [3.63, 3.8) is 0 Å². The zero-order valence-corrected chi connectivity index (χ0v) is 6.23. The third kappa shape index (κ3) is 1.50. The third-order valence-electron chi connectivity index (χ3n) is 1.54. The summed E-state index contributed by atoms with van der Waals surface area (Å²) in [5, 5.41) is 15.2. The average molecular weight is 159 g/mol. The highest BCUT2D eigenvalue weighted by molar-refractivity contribution is 8.00. The maximum Gasteiger partial charge on any atom is 0.316 e. The molecule has 1 heterocycles. The Balaban J connectivity index is 2.42. The number of carboxylic acids is 1. The molecule has 1 rings (SSSR count). The summed E-state index contributed by atoms with van der Waals surface area (Å²) < 4.78 is 0. The lowest BCUT2D eigenvalue weighted by molar-refractivity contribution is -0.136.